The quantitative estimate of drug-likeness (QED) is 0.834. The first-order valence-corrected chi connectivity index (χ1v) is 7.37. The van der Waals surface area contributed by atoms with E-state index in [9.17, 15) is 4.79 Å². The molecule has 0 atom stereocenters. The van der Waals surface area contributed by atoms with Crippen molar-refractivity contribution in [2.24, 2.45) is 0 Å². The summed E-state index contributed by atoms with van der Waals surface area (Å²) in [7, 11) is 0. The second kappa shape index (κ2) is 6.82. The second-order valence-electron chi connectivity index (χ2n) is 4.95. The molecule has 8 heteroatoms. The maximum Gasteiger partial charge on any atom is 0.314 e. The van der Waals surface area contributed by atoms with Crippen LogP contribution in [-0.4, -0.2) is 53.8 Å². The number of H-pyrrole nitrogens is 1. The van der Waals surface area contributed by atoms with Crippen LogP contribution in [0.4, 0.5) is 5.69 Å². The smallest absolute Gasteiger partial charge is 0.314 e. The van der Waals surface area contributed by atoms with E-state index >= 15 is 0 Å². The van der Waals surface area contributed by atoms with Crippen LogP contribution < -0.4 is 5.32 Å². The van der Waals surface area contributed by atoms with Gasteiger partial charge in [0.1, 0.15) is 0 Å². The first-order valence-electron chi connectivity index (χ1n) is 6.96. The molecular formula is C14H16N4O3S. The van der Waals surface area contributed by atoms with E-state index in [-0.39, 0.29) is 10.7 Å². The summed E-state index contributed by atoms with van der Waals surface area (Å²) >= 11 is 4.83. The zero-order valence-corrected chi connectivity index (χ0v) is 12.7. The van der Waals surface area contributed by atoms with Gasteiger partial charge in [0.15, 0.2) is 5.82 Å². The highest BCUT2D eigenvalue weighted by molar-refractivity contribution is 7.71. The van der Waals surface area contributed by atoms with Crippen molar-refractivity contribution in [3.05, 3.63) is 29.1 Å². The van der Waals surface area contributed by atoms with Crippen molar-refractivity contribution >= 4 is 23.8 Å². The first-order chi connectivity index (χ1) is 10.7. The fourth-order valence-electron chi connectivity index (χ4n) is 2.26. The van der Waals surface area contributed by atoms with Crippen LogP contribution in [0.25, 0.3) is 11.4 Å². The molecule has 0 spiro atoms. The third-order valence-electron chi connectivity index (χ3n) is 3.33. The van der Waals surface area contributed by atoms with Crippen LogP contribution in [0.3, 0.4) is 0 Å². The summed E-state index contributed by atoms with van der Waals surface area (Å²) in [5, 5.41) is 5.53. The van der Waals surface area contributed by atoms with Crippen LogP contribution in [-0.2, 0) is 9.53 Å². The molecule has 1 saturated heterocycles. The van der Waals surface area contributed by atoms with E-state index < -0.39 is 0 Å². The molecule has 0 saturated carbocycles. The Hall–Kier alpha value is -2.03. The standard InChI is InChI=1S/C14H16N4O3S/c19-12(9-18-4-6-20-7-5-18)15-11-3-1-2-10(8-11)13-16-14(22)21-17-13/h1-3,8H,4-7,9H2,(H,15,19)(H,16,17,22). The molecule has 1 aliphatic heterocycles. The monoisotopic (exact) mass is 320 g/mol. The number of carbonyl (C=O) groups is 1. The average molecular weight is 320 g/mol. The maximum atomic E-state index is 12.1. The van der Waals surface area contributed by atoms with Crippen LogP contribution in [0.5, 0.6) is 0 Å². The number of aromatic nitrogens is 2. The number of benzene rings is 1. The van der Waals surface area contributed by atoms with Crippen LogP contribution in [0, 0.1) is 4.84 Å². The molecule has 0 bridgehead atoms. The first kappa shape index (κ1) is 14.9. The molecule has 22 heavy (non-hydrogen) atoms. The fraction of sp³-hybridized carbons (Fsp3) is 0.357. The number of morpholine rings is 1. The van der Waals surface area contributed by atoms with E-state index in [2.05, 4.69) is 20.4 Å². The average Bonchev–Trinajstić information content (AvgIpc) is 2.95. The lowest BCUT2D eigenvalue weighted by atomic mass is 10.2. The number of anilines is 1. The van der Waals surface area contributed by atoms with E-state index in [1.807, 2.05) is 24.3 Å². The normalized spacial score (nSPS) is 15.6. The molecule has 0 radical (unpaired) electrons. The van der Waals surface area contributed by atoms with Crippen LogP contribution in [0.2, 0.25) is 0 Å². The van der Waals surface area contributed by atoms with Gasteiger partial charge < -0.3 is 14.6 Å². The van der Waals surface area contributed by atoms with E-state index in [1.54, 1.807) is 0 Å². The van der Waals surface area contributed by atoms with Crippen molar-refractivity contribution in [3.8, 4) is 11.4 Å². The molecule has 0 unspecified atom stereocenters. The highest BCUT2D eigenvalue weighted by atomic mass is 32.1. The van der Waals surface area contributed by atoms with Crippen LogP contribution in [0.15, 0.2) is 28.8 Å². The maximum absolute atomic E-state index is 12.1. The van der Waals surface area contributed by atoms with Crippen molar-refractivity contribution in [2.75, 3.05) is 38.2 Å². The van der Waals surface area contributed by atoms with Gasteiger partial charge in [-0.1, -0.05) is 12.1 Å². The van der Waals surface area contributed by atoms with E-state index in [0.717, 1.165) is 18.7 Å². The summed E-state index contributed by atoms with van der Waals surface area (Å²) in [5.41, 5.74) is 1.50. The van der Waals surface area contributed by atoms with Crippen LogP contribution >= 0.6 is 12.2 Å². The van der Waals surface area contributed by atoms with Gasteiger partial charge in [-0.2, -0.15) is 4.98 Å². The van der Waals surface area contributed by atoms with Gasteiger partial charge in [-0.05, 0) is 24.4 Å². The number of hydrogen-bond donors (Lipinski definition) is 2. The molecule has 1 amide bonds. The Labute approximate surface area is 132 Å². The summed E-state index contributed by atoms with van der Waals surface area (Å²) < 4.78 is 10.2. The number of aromatic amines is 1. The molecule has 2 N–H and O–H groups in total. The summed E-state index contributed by atoms with van der Waals surface area (Å²) in [5.74, 6) is 0.487. The number of ether oxygens (including phenoxy) is 1. The molecule has 1 aromatic heterocycles. The number of nitrogens with one attached hydrogen (secondary N) is 2. The van der Waals surface area contributed by atoms with Crippen LogP contribution in [0.1, 0.15) is 0 Å². The predicted octanol–water partition coefficient (Wildman–Crippen LogP) is 1.67. The van der Waals surface area contributed by atoms with Gasteiger partial charge in [-0.15, -0.1) is 0 Å². The van der Waals surface area contributed by atoms with Gasteiger partial charge in [0, 0.05) is 24.3 Å². The Balaban J connectivity index is 1.64. The molecule has 2 aromatic rings. The molecule has 3 rings (SSSR count). The largest absolute Gasteiger partial charge is 0.379 e. The lowest BCUT2D eigenvalue weighted by Crippen LogP contribution is -2.41. The number of hydrogen-bond acceptors (Lipinski definition) is 6. The number of carbonyl (C=O) groups excluding carboxylic acids is 1. The third-order valence-corrected chi connectivity index (χ3v) is 3.50. The lowest BCUT2D eigenvalue weighted by Gasteiger charge is -2.25. The van der Waals surface area contributed by atoms with Gasteiger partial charge in [-0.25, -0.2) is 5.16 Å². The fourth-order valence-corrected chi connectivity index (χ4v) is 2.39. The minimum absolute atomic E-state index is 0.0489. The van der Waals surface area contributed by atoms with E-state index in [1.165, 1.54) is 0 Å². The Kier molecular flexibility index (Phi) is 4.62. The summed E-state index contributed by atoms with van der Waals surface area (Å²) in [4.78, 5) is 18.3. The van der Waals surface area contributed by atoms with Gasteiger partial charge in [0.25, 0.3) is 0 Å². The molecule has 1 fully saturated rings. The van der Waals surface area contributed by atoms with Gasteiger partial charge in [-0.3, -0.25) is 9.69 Å². The highest BCUT2D eigenvalue weighted by Gasteiger charge is 2.14. The van der Waals surface area contributed by atoms with Crippen molar-refractivity contribution in [2.45, 2.75) is 0 Å². The Morgan fingerprint density at radius 1 is 1.41 bits per heavy atom. The van der Waals surface area contributed by atoms with Crippen molar-refractivity contribution < 1.29 is 14.1 Å². The Bertz CT molecular complexity index is 706. The molecule has 7 nitrogen and oxygen atoms in total. The third kappa shape index (κ3) is 3.79. The zero-order valence-electron chi connectivity index (χ0n) is 11.9. The number of rotatable bonds is 4. The molecule has 0 aliphatic carbocycles. The highest BCUT2D eigenvalue weighted by Crippen LogP contribution is 2.19. The summed E-state index contributed by atoms with van der Waals surface area (Å²) in [6, 6.07) is 7.35. The second-order valence-corrected chi connectivity index (χ2v) is 5.30. The predicted molar refractivity (Wildman–Crippen MR) is 83.0 cm³/mol. The topological polar surface area (TPSA) is 83.4 Å². The van der Waals surface area contributed by atoms with Crippen molar-refractivity contribution in [3.63, 3.8) is 0 Å². The van der Waals surface area contributed by atoms with Gasteiger partial charge in [0.05, 0.1) is 19.8 Å². The Morgan fingerprint density at radius 2 is 2.23 bits per heavy atom. The van der Waals surface area contributed by atoms with E-state index in [0.29, 0.717) is 31.3 Å². The lowest BCUT2D eigenvalue weighted by molar-refractivity contribution is -0.118. The summed E-state index contributed by atoms with van der Waals surface area (Å²) in [6.45, 7) is 3.27. The van der Waals surface area contributed by atoms with Gasteiger partial charge >= 0.3 is 4.84 Å². The van der Waals surface area contributed by atoms with Crippen molar-refractivity contribution in [1.29, 1.82) is 0 Å². The SMILES string of the molecule is O=C(CN1CCOCC1)Nc1cccc(-c2nc(=S)o[nH]2)c1. The number of amides is 1. The molecule has 1 aliphatic rings. The zero-order chi connectivity index (χ0) is 15.4. The Morgan fingerprint density at radius 3 is 2.95 bits per heavy atom. The van der Waals surface area contributed by atoms with E-state index in [4.69, 9.17) is 21.5 Å². The molecule has 2 heterocycles. The minimum atomic E-state index is -0.0489. The molecule has 116 valence electrons. The number of nitrogens with zero attached hydrogens (tertiary/aromatic N) is 2. The minimum Gasteiger partial charge on any atom is -0.379 e. The molecular weight excluding hydrogens is 304 g/mol. The summed E-state index contributed by atoms with van der Waals surface area (Å²) in [6.07, 6.45) is 0. The van der Waals surface area contributed by atoms with Crippen molar-refractivity contribution in [1.82, 2.24) is 15.0 Å². The molecule has 1 aromatic carbocycles. The van der Waals surface area contributed by atoms with Gasteiger partial charge in [0.2, 0.25) is 5.91 Å².